The van der Waals surface area contributed by atoms with Crippen molar-refractivity contribution in [2.45, 2.75) is 157 Å². The third kappa shape index (κ3) is 8.68. The van der Waals surface area contributed by atoms with Crippen LogP contribution < -0.4 is 9.30 Å². The highest BCUT2D eigenvalue weighted by atomic mass is 16.5. The highest BCUT2D eigenvalue weighted by Crippen LogP contribution is 2.62. The summed E-state index contributed by atoms with van der Waals surface area (Å²) < 4.78 is 104. The van der Waals surface area contributed by atoms with Gasteiger partial charge >= 0.3 is 0 Å². The number of hydrogen-bond acceptors (Lipinski definition) is 2. The maximum Gasteiger partial charge on any atom is 0.255 e. The van der Waals surface area contributed by atoms with Crippen LogP contribution in [0.25, 0.3) is 72.3 Å². The lowest BCUT2D eigenvalue weighted by atomic mass is 9.59. The van der Waals surface area contributed by atoms with Crippen LogP contribution in [0.2, 0.25) is 0 Å². The number of benzene rings is 7. The van der Waals surface area contributed by atoms with Gasteiger partial charge in [0, 0.05) is 40.2 Å². The average Bonchev–Trinajstić information content (AvgIpc) is 1.80. The zero-order valence-electron chi connectivity index (χ0n) is 59.0. The van der Waals surface area contributed by atoms with E-state index in [1.54, 1.807) is 0 Å². The molecule has 3 aromatic heterocycles. The minimum Gasteiger partial charge on any atom is -0.457 e. The number of hydrogen-bond donors (Lipinski definition) is 0. The van der Waals surface area contributed by atoms with Crippen LogP contribution in [-0.2, 0) is 32.5 Å². The molecule has 78 heavy (non-hydrogen) atoms. The molecule has 5 heteroatoms. The van der Waals surface area contributed by atoms with Crippen LogP contribution in [0.4, 0.5) is 0 Å². The molecule has 11 rings (SSSR count). The van der Waals surface area contributed by atoms with Crippen molar-refractivity contribution in [2.24, 2.45) is 5.41 Å². The lowest BCUT2D eigenvalue weighted by Crippen LogP contribution is -2.42. The van der Waals surface area contributed by atoms with E-state index in [1.807, 2.05) is 74.3 Å². The molecule has 0 N–H and O–H groups in total. The Labute approximate surface area is 479 Å². The molecule has 0 bridgehead atoms. The van der Waals surface area contributed by atoms with Crippen LogP contribution in [0.5, 0.6) is 11.5 Å². The molecule has 10 aromatic rings. The first kappa shape index (κ1) is 41.8. The third-order valence-electron chi connectivity index (χ3n) is 17.8. The number of ether oxygens (including phenoxy) is 1. The quantitative estimate of drug-likeness (QED) is 0.149. The van der Waals surface area contributed by atoms with Crippen molar-refractivity contribution in [3.05, 3.63) is 197 Å². The van der Waals surface area contributed by atoms with Crippen LogP contribution in [0.15, 0.2) is 164 Å². The fourth-order valence-corrected chi connectivity index (χ4v) is 11.7. The van der Waals surface area contributed by atoms with Crippen molar-refractivity contribution in [1.29, 1.82) is 0 Å². The van der Waals surface area contributed by atoms with Crippen LogP contribution in [0.3, 0.4) is 0 Å². The van der Waals surface area contributed by atoms with E-state index in [-0.39, 0.29) is 55.0 Å². The van der Waals surface area contributed by atoms with Gasteiger partial charge in [0.2, 0.25) is 0 Å². The van der Waals surface area contributed by atoms with Crippen molar-refractivity contribution in [1.82, 2.24) is 14.1 Å². The van der Waals surface area contributed by atoms with Crippen molar-refractivity contribution in [3.8, 4) is 50.9 Å². The van der Waals surface area contributed by atoms with Gasteiger partial charge in [0.1, 0.15) is 28.7 Å². The summed E-state index contributed by atoms with van der Waals surface area (Å²) in [6.07, 6.45) is 3.79. The average molecular weight is 1040 g/mol. The van der Waals surface area contributed by atoms with Gasteiger partial charge in [-0.05, 0) is 155 Å². The Morgan fingerprint density at radius 3 is 1.60 bits per heavy atom. The fourth-order valence-electron chi connectivity index (χ4n) is 11.7. The van der Waals surface area contributed by atoms with Crippen LogP contribution in [0, 0.1) is 5.41 Å². The molecule has 0 amide bonds. The number of fused-ring (bicyclic) bond motifs is 5. The van der Waals surface area contributed by atoms with E-state index in [1.165, 1.54) is 16.7 Å². The second-order valence-corrected chi connectivity index (χ2v) is 27.5. The molecule has 0 aliphatic heterocycles. The van der Waals surface area contributed by atoms with Gasteiger partial charge in [-0.2, -0.15) is 9.13 Å². The van der Waals surface area contributed by atoms with Gasteiger partial charge in [0.25, 0.3) is 6.33 Å². The Balaban J connectivity index is 1.20. The van der Waals surface area contributed by atoms with E-state index < -0.39 is 71.3 Å². The summed E-state index contributed by atoms with van der Waals surface area (Å²) in [4.78, 5) is 5.08. The summed E-state index contributed by atoms with van der Waals surface area (Å²) in [5.41, 5.74) is 9.30. The van der Waals surface area contributed by atoms with Gasteiger partial charge < -0.3 is 4.74 Å². The predicted octanol–water partition coefficient (Wildman–Crippen LogP) is 19.3. The second kappa shape index (κ2) is 17.9. The molecule has 0 fully saturated rings. The predicted molar refractivity (Wildman–Crippen MR) is 329 cm³/mol. The maximum atomic E-state index is 9.48. The molecule has 0 saturated carbocycles. The van der Waals surface area contributed by atoms with Gasteiger partial charge in [-0.1, -0.05) is 191 Å². The molecule has 0 spiro atoms. The van der Waals surface area contributed by atoms with E-state index in [4.69, 9.17) is 17.9 Å². The number of nitrogens with zero attached hydrogens (tertiary/aromatic N) is 4. The van der Waals surface area contributed by atoms with Crippen LogP contribution in [0.1, 0.15) is 172 Å². The summed E-state index contributed by atoms with van der Waals surface area (Å²) in [5.74, 6) is 2.00. The van der Waals surface area contributed by atoms with Gasteiger partial charge in [0.15, 0.2) is 11.0 Å². The molecule has 0 atom stereocenters. The third-order valence-corrected chi connectivity index (χ3v) is 17.8. The topological polar surface area (TPSA) is 35.9 Å². The number of rotatable bonds is 7. The van der Waals surface area contributed by atoms with Gasteiger partial charge in [0.05, 0.1) is 24.7 Å². The van der Waals surface area contributed by atoms with Crippen molar-refractivity contribution in [2.75, 3.05) is 0 Å². The van der Waals surface area contributed by atoms with E-state index in [2.05, 4.69) is 168 Å². The first-order valence-electron chi connectivity index (χ1n) is 32.4. The second-order valence-electron chi connectivity index (χ2n) is 27.5. The van der Waals surface area contributed by atoms with Crippen LogP contribution in [-0.4, -0.2) is 14.1 Å². The molecule has 5 nitrogen and oxygen atoms in total. The van der Waals surface area contributed by atoms with Crippen molar-refractivity contribution < 1.29 is 23.0 Å². The maximum absolute atomic E-state index is 9.48. The number of aromatic nitrogens is 4. The number of pyridine rings is 1. The van der Waals surface area contributed by atoms with E-state index in [0.29, 0.717) is 22.6 Å². The first-order valence-corrected chi connectivity index (χ1v) is 27.4. The summed E-state index contributed by atoms with van der Waals surface area (Å²) in [5, 5.41) is 2.22. The number of imidazole rings is 1. The largest absolute Gasteiger partial charge is 0.457 e. The summed E-state index contributed by atoms with van der Waals surface area (Å²) in [6.45, 7) is 39.7. The molecule has 7 aromatic carbocycles. The molecule has 1 aliphatic carbocycles. The van der Waals surface area contributed by atoms with Gasteiger partial charge in [-0.15, -0.1) is 0 Å². The molecule has 398 valence electrons. The fraction of sp³-hybridized carbons (Fsp3) is 0.342. The van der Waals surface area contributed by atoms with Crippen molar-refractivity contribution >= 4 is 32.8 Å². The van der Waals surface area contributed by atoms with Gasteiger partial charge in [-0.3, -0.25) is 4.57 Å². The smallest absolute Gasteiger partial charge is 0.255 e. The molecular formula is C73H81N4O+. The normalized spacial score (nSPS) is 17.2. The zero-order valence-corrected chi connectivity index (χ0v) is 49.0. The SMILES string of the molecule is [2H]c1c([2H])c([2H])c(-c2cc(C(C)(C)C)cc(-c3c([2H])c([2H])c([2H])c([2H])c3[2H])c2-[n+]2cn(-c3cc(Oc4ccc5c6cc7c(cc6n(-c6cc(C(C)(C)C)ccn6)c5c4)C(C)(C)C(C)(C)C7(C)C)cc(C(C)(C)C)c3)c3cc(C(C)(C)C)ccc32)c([2H])c1[2H]. The van der Waals surface area contributed by atoms with Crippen molar-refractivity contribution in [3.63, 3.8) is 0 Å². The minimum absolute atomic E-state index is 0.0401. The summed E-state index contributed by atoms with van der Waals surface area (Å²) >= 11 is 0. The monoisotopic (exact) mass is 1040 g/mol. The molecule has 0 radical (unpaired) electrons. The van der Waals surface area contributed by atoms with E-state index in [9.17, 15) is 5.48 Å². The standard InChI is InChI=1S/C73H81N4O/c1-67(2,3)48-29-32-61-64(39-48)75(45-76(61)66-56(46-25-21-19-22-26-46)37-51(70(10,11)12)38-57(66)47-27-23-20-24-28-47)52-35-50(69(7,8)9)36-54(41-52)78-53-30-31-55-58-43-59-60(72(15,16)73(17,18)71(59,13)14)44-63(58)77(62(55)42-53)65-40-49(33-34-74-65)68(4,5)6/h19-45H,1-18H3/q+1/i19D,20D,21D,22D,23D,24D,25D,26D,27D,28D. The Bertz CT molecular complexity index is 4460. The Kier molecular flexibility index (Phi) is 9.59. The molecule has 0 unspecified atom stereocenters. The summed E-state index contributed by atoms with van der Waals surface area (Å²) in [6, 6.07) is 26.4. The highest BCUT2D eigenvalue weighted by Gasteiger charge is 2.57. The zero-order chi connectivity index (χ0) is 64.6. The van der Waals surface area contributed by atoms with Gasteiger partial charge in [-0.25, -0.2) is 4.98 Å². The molecule has 1 aliphatic rings. The minimum atomic E-state index is -0.645. The van der Waals surface area contributed by atoms with E-state index >= 15 is 0 Å². The lowest BCUT2D eigenvalue weighted by molar-refractivity contribution is -0.566. The Morgan fingerprint density at radius 2 is 1.03 bits per heavy atom. The molecule has 0 saturated heterocycles. The highest BCUT2D eigenvalue weighted by molar-refractivity contribution is 6.10. The van der Waals surface area contributed by atoms with E-state index in [0.717, 1.165) is 50.0 Å². The first-order chi connectivity index (χ1) is 40.6. The summed E-state index contributed by atoms with van der Waals surface area (Å²) in [7, 11) is 0. The lowest BCUT2D eigenvalue weighted by Gasteiger charge is -2.44. The Morgan fingerprint density at radius 1 is 0.487 bits per heavy atom. The Hall–Kier alpha value is -7.24. The van der Waals surface area contributed by atoms with Crippen LogP contribution >= 0.6 is 0 Å². The molecular weight excluding hydrogens is 949 g/mol. The molecule has 3 heterocycles.